The SMILES string of the molecule is CCN(c1cccc2ccccc12)c1cccc2ccccc12. The highest BCUT2D eigenvalue weighted by Crippen LogP contribution is 2.35. The summed E-state index contributed by atoms with van der Waals surface area (Å²) in [5.41, 5.74) is 2.53. The second-order valence-corrected chi connectivity index (χ2v) is 5.74. The molecule has 0 heterocycles. The molecule has 23 heavy (non-hydrogen) atoms. The number of nitrogens with zero attached hydrogens (tertiary/aromatic N) is 1. The molecule has 0 bridgehead atoms. The molecule has 0 aliphatic rings. The average molecular weight is 297 g/mol. The smallest absolute Gasteiger partial charge is 0.0490 e. The first-order chi connectivity index (χ1) is 11.4. The Morgan fingerprint density at radius 3 is 1.48 bits per heavy atom. The molecular formula is C22H19N. The van der Waals surface area contributed by atoms with E-state index in [1.54, 1.807) is 0 Å². The molecule has 0 unspecified atom stereocenters. The maximum absolute atomic E-state index is 2.41. The highest BCUT2D eigenvalue weighted by molar-refractivity contribution is 6.01. The summed E-state index contributed by atoms with van der Waals surface area (Å²) in [6.45, 7) is 3.14. The predicted octanol–water partition coefficient (Wildman–Crippen LogP) is 6.15. The predicted molar refractivity (Wildman–Crippen MR) is 101 cm³/mol. The molecule has 0 saturated heterocycles. The Hall–Kier alpha value is -2.80. The van der Waals surface area contributed by atoms with Crippen LogP contribution >= 0.6 is 0 Å². The maximum Gasteiger partial charge on any atom is 0.0490 e. The molecule has 0 aliphatic carbocycles. The van der Waals surface area contributed by atoms with Crippen LogP contribution in [0.25, 0.3) is 21.5 Å². The van der Waals surface area contributed by atoms with E-state index in [-0.39, 0.29) is 0 Å². The number of hydrogen-bond acceptors (Lipinski definition) is 1. The minimum absolute atomic E-state index is 0.933. The fourth-order valence-corrected chi connectivity index (χ4v) is 3.36. The first-order valence-electron chi connectivity index (χ1n) is 8.11. The van der Waals surface area contributed by atoms with Crippen molar-refractivity contribution >= 4 is 32.9 Å². The maximum atomic E-state index is 2.41. The summed E-state index contributed by atoms with van der Waals surface area (Å²) in [5.74, 6) is 0. The van der Waals surface area contributed by atoms with Crippen molar-refractivity contribution in [2.24, 2.45) is 0 Å². The molecule has 0 amide bonds. The summed E-state index contributed by atoms with van der Waals surface area (Å²) in [5, 5.41) is 5.15. The molecule has 4 aromatic rings. The summed E-state index contributed by atoms with van der Waals surface area (Å²) < 4.78 is 0. The van der Waals surface area contributed by atoms with E-state index in [1.807, 2.05) is 0 Å². The van der Waals surface area contributed by atoms with E-state index in [0.29, 0.717) is 0 Å². The third kappa shape index (κ3) is 2.35. The van der Waals surface area contributed by atoms with Crippen LogP contribution in [0, 0.1) is 0 Å². The zero-order chi connectivity index (χ0) is 15.6. The van der Waals surface area contributed by atoms with Gasteiger partial charge < -0.3 is 4.90 Å². The van der Waals surface area contributed by atoms with Crippen LogP contribution in [0.1, 0.15) is 6.92 Å². The lowest BCUT2D eigenvalue weighted by Crippen LogP contribution is -2.16. The van der Waals surface area contributed by atoms with Crippen molar-refractivity contribution in [1.29, 1.82) is 0 Å². The standard InChI is InChI=1S/C22H19N/c1-2-23(21-15-7-11-17-9-3-5-13-19(17)21)22-16-8-12-18-10-4-6-14-20(18)22/h3-16H,2H2,1H3. The Kier molecular flexibility index (Phi) is 3.47. The minimum Gasteiger partial charge on any atom is -0.341 e. The summed E-state index contributed by atoms with van der Waals surface area (Å²) in [6.07, 6.45) is 0. The van der Waals surface area contributed by atoms with Crippen molar-refractivity contribution in [3.05, 3.63) is 84.9 Å². The largest absolute Gasteiger partial charge is 0.341 e. The van der Waals surface area contributed by atoms with Crippen LogP contribution in [0.3, 0.4) is 0 Å². The Morgan fingerprint density at radius 2 is 1.00 bits per heavy atom. The minimum atomic E-state index is 0.933. The number of anilines is 2. The average Bonchev–Trinajstić information content (AvgIpc) is 2.63. The van der Waals surface area contributed by atoms with E-state index in [1.165, 1.54) is 32.9 Å². The molecule has 0 N–H and O–H groups in total. The molecule has 0 aromatic heterocycles. The lowest BCUT2D eigenvalue weighted by atomic mass is 10.0. The number of hydrogen-bond donors (Lipinski definition) is 0. The molecule has 4 rings (SSSR count). The number of rotatable bonds is 3. The summed E-state index contributed by atoms with van der Waals surface area (Å²) >= 11 is 0. The summed E-state index contributed by atoms with van der Waals surface area (Å²) in [7, 11) is 0. The molecule has 0 atom stereocenters. The molecule has 1 nitrogen and oxygen atoms in total. The van der Waals surface area contributed by atoms with Crippen molar-refractivity contribution < 1.29 is 0 Å². The molecule has 0 aliphatic heterocycles. The van der Waals surface area contributed by atoms with Crippen LogP contribution in [0.4, 0.5) is 11.4 Å². The van der Waals surface area contributed by atoms with Crippen LogP contribution < -0.4 is 4.90 Å². The van der Waals surface area contributed by atoms with Gasteiger partial charge in [-0.1, -0.05) is 72.8 Å². The fourth-order valence-electron chi connectivity index (χ4n) is 3.36. The molecule has 0 radical (unpaired) electrons. The van der Waals surface area contributed by atoms with Gasteiger partial charge in [0.2, 0.25) is 0 Å². The molecule has 0 fully saturated rings. The van der Waals surface area contributed by atoms with Crippen LogP contribution in [-0.4, -0.2) is 6.54 Å². The zero-order valence-corrected chi connectivity index (χ0v) is 13.2. The van der Waals surface area contributed by atoms with Crippen molar-refractivity contribution in [1.82, 2.24) is 0 Å². The Balaban J connectivity index is 1.97. The lowest BCUT2D eigenvalue weighted by Gasteiger charge is -2.26. The third-order valence-corrected chi connectivity index (χ3v) is 4.43. The highest BCUT2D eigenvalue weighted by atomic mass is 15.1. The van der Waals surface area contributed by atoms with Crippen molar-refractivity contribution in [3.8, 4) is 0 Å². The van der Waals surface area contributed by atoms with Gasteiger partial charge in [0.25, 0.3) is 0 Å². The molecule has 4 aromatic carbocycles. The number of fused-ring (bicyclic) bond motifs is 2. The quantitative estimate of drug-likeness (QED) is 0.438. The van der Waals surface area contributed by atoms with E-state index in [9.17, 15) is 0 Å². The summed E-state index contributed by atoms with van der Waals surface area (Å²) in [4.78, 5) is 2.41. The monoisotopic (exact) mass is 297 g/mol. The Morgan fingerprint density at radius 1 is 0.565 bits per heavy atom. The summed E-state index contributed by atoms with van der Waals surface area (Å²) in [6, 6.07) is 30.3. The van der Waals surface area contributed by atoms with Gasteiger partial charge in [-0.3, -0.25) is 0 Å². The van der Waals surface area contributed by atoms with Gasteiger partial charge in [-0.2, -0.15) is 0 Å². The second kappa shape index (κ2) is 5.77. The van der Waals surface area contributed by atoms with E-state index in [0.717, 1.165) is 6.54 Å². The van der Waals surface area contributed by atoms with Crippen molar-refractivity contribution in [2.75, 3.05) is 11.4 Å². The fraction of sp³-hybridized carbons (Fsp3) is 0.0909. The third-order valence-electron chi connectivity index (χ3n) is 4.43. The normalized spacial score (nSPS) is 11.0. The van der Waals surface area contributed by atoms with Crippen molar-refractivity contribution in [2.45, 2.75) is 6.92 Å². The van der Waals surface area contributed by atoms with E-state index in [4.69, 9.17) is 0 Å². The van der Waals surface area contributed by atoms with Gasteiger partial charge in [0.15, 0.2) is 0 Å². The van der Waals surface area contributed by atoms with E-state index < -0.39 is 0 Å². The second-order valence-electron chi connectivity index (χ2n) is 5.74. The van der Waals surface area contributed by atoms with Gasteiger partial charge in [-0.15, -0.1) is 0 Å². The van der Waals surface area contributed by atoms with Gasteiger partial charge in [0.1, 0.15) is 0 Å². The molecular weight excluding hydrogens is 278 g/mol. The van der Waals surface area contributed by atoms with Crippen LogP contribution in [0.5, 0.6) is 0 Å². The van der Waals surface area contributed by atoms with Gasteiger partial charge in [-0.25, -0.2) is 0 Å². The van der Waals surface area contributed by atoms with Gasteiger partial charge in [0, 0.05) is 28.7 Å². The zero-order valence-electron chi connectivity index (χ0n) is 13.2. The van der Waals surface area contributed by atoms with Gasteiger partial charge in [0.05, 0.1) is 0 Å². The molecule has 1 heteroatoms. The first-order valence-corrected chi connectivity index (χ1v) is 8.11. The first kappa shape index (κ1) is 13.8. The van der Waals surface area contributed by atoms with Crippen molar-refractivity contribution in [3.63, 3.8) is 0 Å². The molecule has 0 saturated carbocycles. The van der Waals surface area contributed by atoms with E-state index >= 15 is 0 Å². The highest BCUT2D eigenvalue weighted by Gasteiger charge is 2.12. The Bertz CT molecular complexity index is 882. The lowest BCUT2D eigenvalue weighted by molar-refractivity contribution is 1.04. The molecule has 112 valence electrons. The van der Waals surface area contributed by atoms with Gasteiger partial charge in [-0.05, 0) is 29.8 Å². The van der Waals surface area contributed by atoms with Crippen LogP contribution in [0.2, 0.25) is 0 Å². The topological polar surface area (TPSA) is 3.24 Å². The van der Waals surface area contributed by atoms with Crippen LogP contribution in [-0.2, 0) is 0 Å². The Labute approximate surface area is 136 Å². The van der Waals surface area contributed by atoms with Gasteiger partial charge >= 0.3 is 0 Å². The number of benzene rings is 4. The van der Waals surface area contributed by atoms with Crippen LogP contribution in [0.15, 0.2) is 84.9 Å². The van der Waals surface area contributed by atoms with E-state index in [2.05, 4.69) is 96.8 Å². The molecule has 0 spiro atoms.